The van der Waals surface area contributed by atoms with E-state index in [9.17, 15) is 9.59 Å². The monoisotopic (exact) mass is 534 g/mol. The van der Waals surface area contributed by atoms with E-state index in [4.69, 9.17) is 21.3 Å². The average molecular weight is 535 g/mol. The Kier molecular flexibility index (Phi) is 6.64. The molecule has 1 aliphatic heterocycles. The summed E-state index contributed by atoms with van der Waals surface area (Å²) in [7, 11) is 0. The van der Waals surface area contributed by atoms with Gasteiger partial charge in [0.25, 0.3) is 5.91 Å². The molecule has 37 heavy (non-hydrogen) atoms. The Morgan fingerprint density at radius 3 is 2.73 bits per heavy atom. The van der Waals surface area contributed by atoms with Crippen LogP contribution in [-0.4, -0.2) is 32.5 Å². The van der Waals surface area contributed by atoms with Crippen molar-refractivity contribution in [2.45, 2.75) is 51.6 Å². The Morgan fingerprint density at radius 1 is 1.16 bits per heavy atom. The number of aryl methyl sites for hydroxylation is 1. The highest BCUT2D eigenvalue weighted by molar-refractivity contribution is 7.16. The van der Waals surface area contributed by atoms with Gasteiger partial charge in [-0.25, -0.2) is 14.8 Å². The third-order valence-electron chi connectivity index (χ3n) is 6.07. The van der Waals surface area contributed by atoms with Gasteiger partial charge in [-0.1, -0.05) is 17.7 Å². The van der Waals surface area contributed by atoms with Crippen LogP contribution >= 0.6 is 22.9 Å². The number of fused-ring (bicyclic) bond motifs is 1. The summed E-state index contributed by atoms with van der Waals surface area (Å²) < 4.78 is 5.38. The number of allylic oxidation sites excluding steroid dienone is 3. The summed E-state index contributed by atoms with van der Waals surface area (Å²) in [5.41, 5.74) is 2.48. The molecule has 1 aromatic carbocycles. The lowest BCUT2D eigenvalue weighted by atomic mass is 10.0. The molecule has 2 aromatic heterocycles. The molecule has 3 heterocycles. The third kappa shape index (κ3) is 5.60. The van der Waals surface area contributed by atoms with Crippen LogP contribution in [0.3, 0.4) is 0 Å². The van der Waals surface area contributed by atoms with Gasteiger partial charge in [0.05, 0.1) is 5.69 Å². The van der Waals surface area contributed by atoms with Crippen LogP contribution in [0.25, 0.3) is 10.2 Å². The fourth-order valence-corrected chi connectivity index (χ4v) is 5.45. The minimum absolute atomic E-state index is 0.262. The summed E-state index contributed by atoms with van der Waals surface area (Å²) in [4.78, 5) is 36.8. The molecule has 3 aromatic rings. The maximum atomic E-state index is 12.9. The predicted octanol–water partition coefficient (Wildman–Crippen LogP) is 6.82. The lowest BCUT2D eigenvalue weighted by Crippen LogP contribution is -2.30. The van der Waals surface area contributed by atoms with Crippen LogP contribution in [0.1, 0.15) is 66.5 Å². The summed E-state index contributed by atoms with van der Waals surface area (Å²) in [6.07, 6.45) is 8.60. The van der Waals surface area contributed by atoms with E-state index in [1.807, 2.05) is 18.4 Å². The van der Waals surface area contributed by atoms with Crippen LogP contribution in [-0.2, 0) is 4.74 Å². The number of hydrogen-bond acceptors (Lipinski definition) is 6. The second-order valence-electron chi connectivity index (χ2n) is 10.1. The average Bonchev–Trinajstić information content (AvgIpc) is 3.52. The first-order chi connectivity index (χ1) is 17.6. The smallest absolute Gasteiger partial charge is 0.418 e. The highest BCUT2D eigenvalue weighted by Gasteiger charge is 2.43. The molecular weight excluding hydrogens is 508 g/mol. The van der Waals surface area contributed by atoms with Gasteiger partial charge in [-0.15, -0.1) is 11.3 Å². The van der Waals surface area contributed by atoms with Crippen LogP contribution in [0.15, 0.2) is 66.0 Å². The van der Waals surface area contributed by atoms with Crippen LogP contribution in [0.2, 0.25) is 5.02 Å². The van der Waals surface area contributed by atoms with E-state index in [0.717, 1.165) is 33.7 Å². The number of carbonyl (C=O) groups excluding carboxylic acids is 2. The number of nitrogens with zero attached hydrogens (tertiary/aromatic N) is 3. The number of ether oxygens (including phenoxy) is 1. The third-order valence-corrected chi connectivity index (χ3v) is 7.20. The molecule has 0 saturated heterocycles. The van der Waals surface area contributed by atoms with Crippen molar-refractivity contribution in [1.29, 1.82) is 0 Å². The number of rotatable bonds is 4. The molecule has 7 nitrogen and oxygen atoms in total. The molecule has 1 aliphatic carbocycles. The van der Waals surface area contributed by atoms with E-state index >= 15 is 0 Å². The Labute approximate surface area is 224 Å². The van der Waals surface area contributed by atoms with E-state index in [0.29, 0.717) is 16.3 Å². The number of carbonyl (C=O) groups is 2. The molecular formula is C28H27ClN4O3S. The predicted molar refractivity (Wildman–Crippen MR) is 146 cm³/mol. The van der Waals surface area contributed by atoms with E-state index in [1.54, 1.807) is 74.9 Å². The quantitative estimate of drug-likeness (QED) is 0.397. The molecule has 5 rings (SSSR count). The normalized spacial score (nSPS) is 18.9. The summed E-state index contributed by atoms with van der Waals surface area (Å²) in [6.45, 7) is 7.34. The Hall–Kier alpha value is -3.49. The van der Waals surface area contributed by atoms with Crippen molar-refractivity contribution in [2.24, 2.45) is 0 Å². The molecule has 0 spiro atoms. The SMILES string of the molecule is Cc1nc(C2CC2c2ccc(C(=O)NC3=CC=CN(C(=O)OC(C)(C)C)C=C3)cc2Cl)c2ccsc2n1. The van der Waals surface area contributed by atoms with Crippen molar-refractivity contribution in [1.82, 2.24) is 20.2 Å². The molecule has 2 atom stereocenters. The van der Waals surface area contributed by atoms with Crippen LogP contribution < -0.4 is 5.32 Å². The van der Waals surface area contributed by atoms with Gasteiger partial charge >= 0.3 is 6.09 Å². The fraction of sp³-hybridized carbons (Fsp3) is 0.286. The highest BCUT2D eigenvalue weighted by Crippen LogP contribution is 2.57. The maximum absolute atomic E-state index is 12.9. The van der Waals surface area contributed by atoms with Gasteiger partial charge in [-0.05, 0) is 87.4 Å². The summed E-state index contributed by atoms with van der Waals surface area (Å²) in [6, 6.07) is 7.51. The first kappa shape index (κ1) is 25.2. The van der Waals surface area contributed by atoms with Gasteiger partial charge in [0.2, 0.25) is 0 Å². The molecule has 2 amide bonds. The lowest BCUT2D eigenvalue weighted by Gasteiger charge is -2.22. The minimum atomic E-state index is -0.606. The summed E-state index contributed by atoms with van der Waals surface area (Å²) in [5, 5.41) is 6.58. The Bertz CT molecular complexity index is 1480. The molecule has 2 unspecified atom stereocenters. The molecule has 1 saturated carbocycles. The molecule has 1 fully saturated rings. The Balaban J connectivity index is 1.25. The van der Waals surface area contributed by atoms with Gasteiger partial charge in [-0.2, -0.15) is 0 Å². The number of aromatic nitrogens is 2. The maximum Gasteiger partial charge on any atom is 0.418 e. The molecule has 9 heteroatoms. The van der Waals surface area contributed by atoms with Crippen molar-refractivity contribution < 1.29 is 14.3 Å². The van der Waals surface area contributed by atoms with Crippen LogP contribution in [0.4, 0.5) is 4.79 Å². The number of hydrogen-bond donors (Lipinski definition) is 1. The first-order valence-corrected chi connectivity index (χ1v) is 13.3. The summed E-state index contributed by atoms with van der Waals surface area (Å²) in [5.74, 6) is 1.04. The first-order valence-electron chi connectivity index (χ1n) is 12.0. The van der Waals surface area contributed by atoms with Crippen molar-refractivity contribution in [3.63, 3.8) is 0 Å². The van der Waals surface area contributed by atoms with Gasteiger partial charge in [0, 0.05) is 40.0 Å². The van der Waals surface area contributed by atoms with Gasteiger partial charge in [0.1, 0.15) is 16.3 Å². The van der Waals surface area contributed by atoms with Crippen LogP contribution in [0, 0.1) is 6.92 Å². The van der Waals surface area contributed by atoms with E-state index in [-0.39, 0.29) is 17.7 Å². The molecule has 0 radical (unpaired) electrons. The Morgan fingerprint density at radius 2 is 1.97 bits per heavy atom. The second-order valence-corrected chi connectivity index (χ2v) is 11.4. The minimum Gasteiger partial charge on any atom is -0.443 e. The largest absolute Gasteiger partial charge is 0.443 e. The second kappa shape index (κ2) is 9.76. The lowest BCUT2D eigenvalue weighted by molar-refractivity contribution is 0.0400. The number of benzene rings is 1. The number of halogens is 1. The zero-order valence-corrected chi connectivity index (χ0v) is 22.6. The standard InChI is InChI=1S/C28H27ClN4O3S/c1-16-30-24(20-10-13-37-26(20)31-16)22-15-21(22)19-8-7-17(14-23(19)29)25(34)32-18-6-5-11-33(12-9-18)27(35)36-28(2,3)4/h5-14,21-22H,15H2,1-4H3,(H,32,34). The van der Waals surface area contributed by atoms with Crippen molar-refractivity contribution in [3.8, 4) is 0 Å². The number of amides is 2. The zero-order chi connectivity index (χ0) is 26.3. The molecule has 2 aliphatic rings. The molecule has 190 valence electrons. The number of nitrogens with one attached hydrogen (secondary N) is 1. The topological polar surface area (TPSA) is 84.4 Å². The van der Waals surface area contributed by atoms with Crippen molar-refractivity contribution in [2.75, 3.05) is 0 Å². The molecule has 1 N–H and O–H groups in total. The van der Waals surface area contributed by atoms with Gasteiger partial charge in [-0.3, -0.25) is 9.69 Å². The van der Waals surface area contributed by atoms with Gasteiger partial charge < -0.3 is 10.1 Å². The molecule has 0 bridgehead atoms. The van der Waals surface area contributed by atoms with Crippen molar-refractivity contribution in [3.05, 3.63) is 93.6 Å². The fourth-order valence-electron chi connectivity index (χ4n) is 4.31. The van der Waals surface area contributed by atoms with Gasteiger partial charge in [0.15, 0.2) is 0 Å². The van der Waals surface area contributed by atoms with Crippen LogP contribution in [0.5, 0.6) is 0 Å². The van der Waals surface area contributed by atoms with E-state index in [2.05, 4.69) is 16.4 Å². The highest BCUT2D eigenvalue weighted by atomic mass is 35.5. The number of thiophene rings is 1. The van der Waals surface area contributed by atoms with E-state index < -0.39 is 11.7 Å². The zero-order valence-electron chi connectivity index (χ0n) is 21.0. The van der Waals surface area contributed by atoms with Crippen molar-refractivity contribution >= 4 is 45.2 Å². The van der Waals surface area contributed by atoms with E-state index in [1.165, 1.54) is 4.90 Å². The summed E-state index contributed by atoms with van der Waals surface area (Å²) >= 11 is 8.28.